The molecule has 1 amide bonds. The molecule has 0 aliphatic carbocycles. The SMILES string of the molecule is CCn1c(SCC(=O)Nc2ccc([N+](=O)[O-])cc2OC)nnc1-c1ccc([N+](=O)[O-])cc1. The zero-order valence-corrected chi connectivity index (χ0v) is 17.9. The second-order valence-electron chi connectivity index (χ2n) is 6.33. The number of aromatic nitrogens is 3. The fourth-order valence-corrected chi connectivity index (χ4v) is 3.64. The molecule has 0 aliphatic heterocycles. The van der Waals surface area contributed by atoms with Gasteiger partial charge in [0, 0.05) is 30.3 Å². The summed E-state index contributed by atoms with van der Waals surface area (Å²) in [5.74, 6) is 0.361. The van der Waals surface area contributed by atoms with Gasteiger partial charge in [0.05, 0.1) is 34.5 Å². The van der Waals surface area contributed by atoms with E-state index in [9.17, 15) is 25.0 Å². The largest absolute Gasteiger partial charge is 0.494 e. The van der Waals surface area contributed by atoms with Gasteiger partial charge in [0.25, 0.3) is 11.4 Å². The van der Waals surface area contributed by atoms with Gasteiger partial charge in [-0.15, -0.1) is 10.2 Å². The Kier molecular flexibility index (Phi) is 7.00. The van der Waals surface area contributed by atoms with E-state index in [1.807, 2.05) is 6.92 Å². The maximum atomic E-state index is 12.4. The third-order valence-corrected chi connectivity index (χ3v) is 5.34. The number of nitrogens with one attached hydrogen (secondary N) is 1. The van der Waals surface area contributed by atoms with E-state index in [0.29, 0.717) is 28.8 Å². The molecular formula is C19H18N6O6S. The van der Waals surface area contributed by atoms with Crippen molar-refractivity contribution in [3.63, 3.8) is 0 Å². The number of non-ortho nitro benzene ring substituents is 2. The molecule has 32 heavy (non-hydrogen) atoms. The van der Waals surface area contributed by atoms with Crippen molar-refractivity contribution in [1.82, 2.24) is 14.8 Å². The summed E-state index contributed by atoms with van der Waals surface area (Å²) < 4.78 is 6.91. The Balaban J connectivity index is 1.70. The molecule has 0 spiro atoms. The van der Waals surface area contributed by atoms with Crippen molar-refractivity contribution in [2.75, 3.05) is 18.2 Å². The van der Waals surface area contributed by atoms with Crippen LogP contribution in [-0.4, -0.2) is 43.4 Å². The highest BCUT2D eigenvalue weighted by Crippen LogP contribution is 2.30. The second-order valence-corrected chi connectivity index (χ2v) is 7.28. The molecule has 3 rings (SSSR count). The van der Waals surface area contributed by atoms with Crippen LogP contribution < -0.4 is 10.1 Å². The van der Waals surface area contributed by atoms with Crippen molar-refractivity contribution in [3.05, 3.63) is 62.7 Å². The summed E-state index contributed by atoms with van der Waals surface area (Å²) in [6.07, 6.45) is 0. The summed E-state index contributed by atoms with van der Waals surface area (Å²) in [6, 6.07) is 9.87. The highest BCUT2D eigenvalue weighted by molar-refractivity contribution is 7.99. The van der Waals surface area contributed by atoms with Crippen LogP contribution in [0.25, 0.3) is 11.4 Å². The van der Waals surface area contributed by atoms with E-state index in [1.165, 1.54) is 37.4 Å². The number of carbonyl (C=O) groups excluding carboxylic acids is 1. The first-order chi connectivity index (χ1) is 15.3. The number of ether oxygens (including phenoxy) is 1. The van der Waals surface area contributed by atoms with E-state index in [4.69, 9.17) is 4.74 Å². The number of hydrogen-bond donors (Lipinski definition) is 1. The van der Waals surface area contributed by atoms with Gasteiger partial charge in [0.2, 0.25) is 5.91 Å². The van der Waals surface area contributed by atoms with Crippen LogP contribution in [0.3, 0.4) is 0 Å². The standard InChI is InChI=1S/C19H18N6O6S/c1-3-23-18(12-4-6-13(7-5-12)24(27)28)21-22-19(23)32-11-17(26)20-15-9-8-14(25(29)30)10-16(15)31-2/h4-10H,3,11H2,1-2H3,(H,20,26). The van der Waals surface area contributed by atoms with Gasteiger partial charge in [0.1, 0.15) is 5.75 Å². The fraction of sp³-hybridized carbons (Fsp3) is 0.211. The lowest BCUT2D eigenvalue weighted by molar-refractivity contribution is -0.385. The van der Waals surface area contributed by atoms with E-state index in [1.54, 1.807) is 16.7 Å². The summed E-state index contributed by atoms with van der Waals surface area (Å²) in [4.78, 5) is 33.1. The number of thioether (sulfide) groups is 1. The molecule has 1 heterocycles. The molecule has 12 nitrogen and oxygen atoms in total. The van der Waals surface area contributed by atoms with Crippen molar-refractivity contribution < 1.29 is 19.4 Å². The Morgan fingerprint density at radius 1 is 1.09 bits per heavy atom. The summed E-state index contributed by atoms with van der Waals surface area (Å²) in [7, 11) is 1.35. The predicted molar refractivity (Wildman–Crippen MR) is 117 cm³/mol. The minimum atomic E-state index is -0.552. The van der Waals surface area contributed by atoms with Gasteiger partial charge in [-0.05, 0) is 25.1 Å². The fourth-order valence-electron chi connectivity index (χ4n) is 2.84. The maximum absolute atomic E-state index is 12.4. The lowest BCUT2D eigenvalue weighted by atomic mass is 10.2. The first kappa shape index (κ1) is 22.7. The van der Waals surface area contributed by atoms with Crippen LogP contribution in [0.4, 0.5) is 17.1 Å². The molecule has 0 unspecified atom stereocenters. The zero-order valence-electron chi connectivity index (χ0n) is 17.0. The highest BCUT2D eigenvalue weighted by Gasteiger charge is 2.17. The Morgan fingerprint density at radius 3 is 2.34 bits per heavy atom. The Hall–Kier alpha value is -4.00. The number of amides is 1. The Bertz CT molecular complexity index is 1160. The first-order valence-electron chi connectivity index (χ1n) is 9.27. The van der Waals surface area contributed by atoms with Gasteiger partial charge in [0.15, 0.2) is 11.0 Å². The van der Waals surface area contributed by atoms with Crippen LogP contribution in [0.5, 0.6) is 5.75 Å². The summed E-state index contributed by atoms with van der Waals surface area (Å²) in [6.45, 7) is 2.42. The second kappa shape index (κ2) is 9.87. The smallest absolute Gasteiger partial charge is 0.273 e. The average Bonchev–Trinajstić information content (AvgIpc) is 3.20. The number of methoxy groups -OCH3 is 1. The van der Waals surface area contributed by atoms with Gasteiger partial charge >= 0.3 is 0 Å². The van der Waals surface area contributed by atoms with E-state index in [2.05, 4.69) is 15.5 Å². The molecule has 1 aromatic heterocycles. The lowest BCUT2D eigenvalue weighted by Gasteiger charge is -2.10. The minimum Gasteiger partial charge on any atom is -0.494 e. The molecule has 166 valence electrons. The van der Waals surface area contributed by atoms with E-state index < -0.39 is 9.85 Å². The zero-order chi connectivity index (χ0) is 23.3. The predicted octanol–water partition coefficient (Wildman–Crippen LogP) is 3.52. The lowest BCUT2D eigenvalue weighted by Crippen LogP contribution is -2.15. The number of carbonyl (C=O) groups is 1. The monoisotopic (exact) mass is 458 g/mol. The van der Waals surface area contributed by atoms with E-state index in [0.717, 1.165) is 11.8 Å². The molecule has 13 heteroatoms. The van der Waals surface area contributed by atoms with Gasteiger partial charge in [-0.2, -0.15) is 0 Å². The number of rotatable bonds is 9. The number of nitrogens with zero attached hydrogens (tertiary/aromatic N) is 5. The minimum absolute atomic E-state index is 0.0124. The maximum Gasteiger partial charge on any atom is 0.273 e. The van der Waals surface area contributed by atoms with Crippen molar-refractivity contribution in [2.24, 2.45) is 0 Å². The first-order valence-corrected chi connectivity index (χ1v) is 10.3. The normalized spacial score (nSPS) is 10.6. The number of anilines is 1. The molecule has 0 atom stereocenters. The number of hydrogen-bond acceptors (Lipinski definition) is 9. The van der Waals surface area contributed by atoms with Crippen LogP contribution in [0.15, 0.2) is 47.6 Å². The quantitative estimate of drug-likeness (QED) is 0.288. The number of benzene rings is 2. The number of nitro groups is 2. The molecule has 0 saturated heterocycles. The van der Waals surface area contributed by atoms with E-state index >= 15 is 0 Å². The van der Waals surface area contributed by atoms with Crippen molar-refractivity contribution >= 4 is 34.7 Å². The Labute approximate surface area is 185 Å². The van der Waals surface area contributed by atoms with Crippen LogP contribution in [0.1, 0.15) is 6.92 Å². The molecule has 0 saturated carbocycles. The Morgan fingerprint density at radius 2 is 1.75 bits per heavy atom. The third-order valence-electron chi connectivity index (χ3n) is 4.37. The van der Waals surface area contributed by atoms with Crippen molar-refractivity contribution in [3.8, 4) is 17.1 Å². The third kappa shape index (κ3) is 5.00. The summed E-state index contributed by atoms with van der Waals surface area (Å²) in [5.41, 5.74) is 0.803. The van der Waals surface area contributed by atoms with Crippen LogP contribution in [0, 0.1) is 20.2 Å². The van der Waals surface area contributed by atoms with Crippen molar-refractivity contribution in [2.45, 2.75) is 18.6 Å². The summed E-state index contributed by atoms with van der Waals surface area (Å²) >= 11 is 1.16. The average molecular weight is 458 g/mol. The van der Waals surface area contributed by atoms with Crippen LogP contribution in [0.2, 0.25) is 0 Å². The van der Waals surface area contributed by atoms with Gasteiger partial charge in [-0.25, -0.2) is 0 Å². The van der Waals surface area contributed by atoms with Gasteiger partial charge in [-0.3, -0.25) is 25.0 Å². The molecule has 3 aromatic rings. The number of nitro benzene ring substituents is 2. The summed E-state index contributed by atoms with van der Waals surface area (Å²) in [5, 5.41) is 33.2. The van der Waals surface area contributed by atoms with Crippen LogP contribution in [-0.2, 0) is 11.3 Å². The topological polar surface area (TPSA) is 155 Å². The van der Waals surface area contributed by atoms with Gasteiger partial charge < -0.3 is 14.6 Å². The molecule has 0 aliphatic rings. The molecule has 2 aromatic carbocycles. The van der Waals surface area contributed by atoms with E-state index in [-0.39, 0.29) is 28.8 Å². The van der Waals surface area contributed by atoms with Crippen LogP contribution >= 0.6 is 11.8 Å². The molecule has 1 N–H and O–H groups in total. The van der Waals surface area contributed by atoms with Gasteiger partial charge in [-0.1, -0.05) is 11.8 Å². The molecule has 0 radical (unpaired) electrons. The van der Waals surface area contributed by atoms with Crippen molar-refractivity contribution in [1.29, 1.82) is 0 Å². The molecule has 0 fully saturated rings. The molecular weight excluding hydrogens is 440 g/mol. The molecule has 0 bridgehead atoms. The highest BCUT2D eigenvalue weighted by atomic mass is 32.2.